The van der Waals surface area contributed by atoms with E-state index in [1.165, 1.54) is 21.7 Å². The van der Waals surface area contributed by atoms with Gasteiger partial charge in [0.05, 0.1) is 0 Å². The predicted molar refractivity (Wildman–Crippen MR) is 150 cm³/mol. The summed E-state index contributed by atoms with van der Waals surface area (Å²) in [6.45, 7) is 0. The second kappa shape index (κ2) is 8.37. The number of hydrogen-bond donors (Lipinski definition) is 0. The van der Waals surface area contributed by atoms with Gasteiger partial charge in [0.2, 0.25) is 5.89 Å². The van der Waals surface area contributed by atoms with Gasteiger partial charge >= 0.3 is 0 Å². The molecule has 0 saturated heterocycles. The maximum Gasteiger partial charge on any atom is 0.227 e. The first kappa shape index (κ1) is 20.9. The van der Waals surface area contributed by atoms with E-state index in [4.69, 9.17) is 21.0 Å². The molecule has 0 atom stereocenters. The largest absolute Gasteiger partial charge is 0.436 e. The topological polar surface area (TPSA) is 26.0 Å². The first-order valence-corrected chi connectivity index (χ1v) is 12.3. The van der Waals surface area contributed by atoms with E-state index < -0.39 is 0 Å². The molecule has 0 saturated carbocycles. The zero-order valence-corrected chi connectivity index (χ0v) is 20.0. The third-order valence-corrected chi connectivity index (χ3v) is 6.98. The van der Waals surface area contributed by atoms with Crippen LogP contribution < -0.4 is 0 Å². The molecule has 3 heteroatoms. The summed E-state index contributed by atoms with van der Waals surface area (Å²) in [5.41, 5.74) is 6.81. The molecule has 1 heterocycles. The molecule has 7 rings (SSSR count). The van der Waals surface area contributed by atoms with Crippen LogP contribution in [0.25, 0.3) is 66.4 Å². The number of halogens is 1. The Hall–Kier alpha value is -4.40. The Kier molecular flexibility index (Phi) is 4.87. The highest BCUT2D eigenvalue weighted by atomic mass is 35.5. The standard InChI is InChI=1S/C33H20ClNO/c34-25-19-30(29-18-24-10-4-5-11-26(24)27-12-6-7-13-28(27)29)32-31(20-25)36-33(35-32)23-16-14-22(15-17-23)21-8-2-1-3-9-21/h1-20H. The van der Waals surface area contributed by atoms with Crippen molar-refractivity contribution in [2.75, 3.05) is 0 Å². The summed E-state index contributed by atoms with van der Waals surface area (Å²) in [7, 11) is 0. The molecule has 0 amide bonds. The highest BCUT2D eigenvalue weighted by molar-refractivity contribution is 6.32. The van der Waals surface area contributed by atoms with Gasteiger partial charge in [0.25, 0.3) is 0 Å². The second-order valence-corrected chi connectivity index (χ2v) is 9.39. The van der Waals surface area contributed by atoms with Crippen molar-refractivity contribution < 1.29 is 4.42 Å². The van der Waals surface area contributed by atoms with E-state index in [9.17, 15) is 0 Å². The molecular weight excluding hydrogens is 462 g/mol. The molecule has 0 unspecified atom stereocenters. The van der Waals surface area contributed by atoms with Crippen LogP contribution in [-0.2, 0) is 0 Å². The van der Waals surface area contributed by atoms with Gasteiger partial charge in [-0.2, -0.15) is 0 Å². The average molecular weight is 482 g/mol. The van der Waals surface area contributed by atoms with E-state index in [-0.39, 0.29) is 0 Å². The molecule has 36 heavy (non-hydrogen) atoms. The van der Waals surface area contributed by atoms with Gasteiger partial charge in [-0.15, -0.1) is 0 Å². The molecule has 0 aliphatic heterocycles. The molecule has 7 aromatic rings. The minimum Gasteiger partial charge on any atom is -0.436 e. The number of rotatable bonds is 3. The van der Waals surface area contributed by atoms with Crippen LogP contribution in [0.3, 0.4) is 0 Å². The molecule has 0 aliphatic carbocycles. The molecule has 1 aromatic heterocycles. The van der Waals surface area contributed by atoms with Gasteiger partial charge in [-0.05, 0) is 62.5 Å². The van der Waals surface area contributed by atoms with E-state index >= 15 is 0 Å². The maximum absolute atomic E-state index is 6.60. The van der Waals surface area contributed by atoms with Crippen molar-refractivity contribution in [1.29, 1.82) is 0 Å². The number of fused-ring (bicyclic) bond motifs is 4. The monoisotopic (exact) mass is 481 g/mol. The number of nitrogens with zero attached hydrogens (tertiary/aromatic N) is 1. The lowest BCUT2D eigenvalue weighted by Gasteiger charge is -2.11. The summed E-state index contributed by atoms with van der Waals surface area (Å²) in [5, 5.41) is 5.40. The summed E-state index contributed by atoms with van der Waals surface area (Å²) >= 11 is 6.60. The van der Waals surface area contributed by atoms with Crippen molar-refractivity contribution in [3.05, 3.63) is 126 Å². The van der Waals surface area contributed by atoms with Crippen LogP contribution in [0, 0.1) is 0 Å². The Morgan fingerprint density at radius 3 is 1.97 bits per heavy atom. The minimum absolute atomic E-state index is 0.582. The van der Waals surface area contributed by atoms with Gasteiger partial charge in [0, 0.05) is 22.2 Å². The van der Waals surface area contributed by atoms with Gasteiger partial charge in [0.15, 0.2) is 5.58 Å². The van der Waals surface area contributed by atoms with Crippen LogP contribution in [0.2, 0.25) is 5.02 Å². The Morgan fingerprint density at radius 2 is 1.17 bits per heavy atom. The fraction of sp³-hybridized carbons (Fsp3) is 0. The Bertz CT molecular complexity index is 1890. The normalized spacial score (nSPS) is 11.5. The molecular formula is C33H20ClNO. The van der Waals surface area contributed by atoms with Crippen molar-refractivity contribution in [3.63, 3.8) is 0 Å². The van der Waals surface area contributed by atoms with Crippen molar-refractivity contribution >= 4 is 44.2 Å². The van der Waals surface area contributed by atoms with Crippen LogP contribution in [0.5, 0.6) is 0 Å². The molecule has 6 aromatic carbocycles. The highest BCUT2D eigenvalue weighted by Gasteiger charge is 2.17. The molecule has 0 radical (unpaired) electrons. The number of aromatic nitrogens is 1. The van der Waals surface area contributed by atoms with Crippen LogP contribution in [0.4, 0.5) is 0 Å². The van der Waals surface area contributed by atoms with E-state index in [2.05, 4.69) is 91.0 Å². The van der Waals surface area contributed by atoms with Crippen LogP contribution in [-0.4, -0.2) is 4.98 Å². The lowest BCUT2D eigenvalue weighted by molar-refractivity contribution is 0.620. The second-order valence-electron chi connectivity index (χ2n) is 8.95. The Morgan fingerprint density at radius 1 is 0.528 bits per heavy atom. The van der Waals surface area contributed by atoms with E-state index in [0.29, 0.717) is 16.5 Å². The fourth-order valence-electron chi connectivity index (χ4n) is 5.04. The SMILES string of the molecule is Clc1cc(-c2cc3ccccc3c3ccccc23)c2nc(-c3ccc(-c4ccccc4)cc3)oc2c1. The maximum atomic E-state index is 6.60. The smallest absolute Gasteiger partial charge is 0.227 e. The molecule has 0 spiro atoms. The van der Waals surface area contributed by atoms with E-state index in [1.54, 1.807) is 0 Å². The molecule has 0 N–H and O–H groups in total. The molecule has 0 bridgehead atoms. The first-order valence-electron chi connectivity index (χ1n) is 11.9. The lowest BCUT2D eigenvalue weighted by atomic mass is 9.93. The molecule has 170 valence electrons. The number of oxazole rings is 1. The first-order chi connectivity index (χ1) is 17.7. The Labute approximate surface area is 213 Å². The average Bonchev–Trinajstić information content (AvgIpc) is 3.37. The van der Waals surface area contributed by atoms with Gasteiger partial charge in [-0.25, -0.2) is 4.98 Å². The van der Waals surface area contributed by atoms with Crippen LogP contribution >= 0.6 is 11.6 Å². The minimum atomic E-state index is 0.582. The zero-order chi connectivity index (χ0) is 24.1. The Balaban J connectivity index is 1.41. The number of benzene rings is 6. The fourth-order valence-corrected chi connectivity index (χ4v) is 5.25. The van der Waals surface area contributed by atoms with E-state index in [1.807, 2.05) is 30.3 Å². The third-order valence-electron chi connectivity index (χ3n) is 6.76. The van der Waals surface area contributed by atoms with Gasteiger partial charge < -0.3 is 4.42 Å². The van der Waals surface area contributed by atoms with Crippen molar-refractivity contribution in [3.8, 4) is 33.7 Å². The summed E-state index contributed by atoms with van der Waals surface area (Å²) < 4.78 is 6.25. The summed E-state index contributed by atoms with van der Waals surface area (Å²) in [4.78, 5) is 4.96. The molecule has 0 fully saturated rings. The third kappa shape index (κ3) is 3.46. The quantitative estimate of drug-likeness (QED) is 0.235. The summed E-state index contributed by atoms with van der Waals surface area (Å²) in [6.07, 6.45) is 0. The zero-order valence-electron chi connectivity index (χ0n) is 19.3. The van der Waals surface area contributed by atoms with Crippen LogP contribution in [0.1, 0.15) is 0 Å². The van der Waals surface area contributed by atoms with Gasteiger partial charge in [0.1, 0.15) is 5.52 Å². The molecule has 0 aliphatic rings. The van der Waals surface area contributed by atoms with Gasteiger partial charge in [-0.3, -0.25) is 0 Å². The highest BCUT2D eigenvalue weighted by Crippen LogP contribution is 2.40. The van der Waals surface area contributed by atoms with Crippen LogP contribution in [0.15, 0.2) is 126 Å². The lowest BCUT2D eigenvalue weighted by Crippen LogP contribution is -1.87. The van der Waals surface area contributed by atoms with E-state index in [0.717, 1.165) is 33.2 Å². The summed E-state index contributed by atoms with van der Waals surface area (Å²) in [5.74, 6) is 0.582. The predicted octanol–water partition coefficient (Wildman–Crippen LogP) is 9.79. The van der Waals surface area contributed by atoms with Crippen molar-refractivity contribution in [2.45, 2.75) is 0 Å². The summed E-state index contributed by atoms with van der Waals surface area (Å²) in [6, 6.07) is 41.7. The van der Waals surface area contributed by atoms with Crippen molar-refractivity contribution in [2.24, 2.45) is 0 Å². The number of hydrogen-bond acceptors (Lipinski definition) is 2. The van der Waals surface area contributed by atoms with Crippen molar-refractivity contribution in [1.82, 2.24) is 4.98 Å². The van der Waals surface area contributed by atoms with Gasteiger partial charge in [-0.1, -0.05) is 103 Å². The molecule has 2 nitrogen and oxygen atoms in total.